The minimum atomic E-state index is 0. The van der Waals surface area contributed by atoms with Gasteiger partial charge in [-0.15, -0.1) is 30.6 Å². The molecule has 0 heterocycles. The molecule has 24 heavy (non-hydrogen) atoms. The van der Waals surface area contributed by atoms with Crippen molar-refractivity contribution in [3.05, 3.63) is 48.0 Å². The molecule has 0 spiro atoms. The summed E-state index contributed by atoms with van der Waals surface area (Å²) >= 11 is 1.83. The Morgan fingerprint density at radius 3 is 2.50 bits per heavy atom. The van der Waals surface area contributed by atoms with Crippen molar-refractivity contribution in [2.75, 3.05) is 39.2 Å². The van der Waals surface area contributed by atoms with Gasteiger partial charge in [-0.2, -0.15) is 11.8 Å². The molecule has 0 saturated heterocycles. The van der Waals surface area contributed by atoms with E-state index in [9.17, 15) is 4.79 Å². The molecule has 0 aliphatic carbocycles. The van der Waals surface area contributed by atoms with E-state index in [2.05, 4.69) is 22.2 Å². The predicted molar refractivity (Wildman–Crippen MR) is 116 cm³/mol. The summed E-state index contributed by atoms with van der Waals surface area (Å²) in [5, 5.41) is 6.53. The van der Waals surface area contributed by atoms with Crippen LogP contribution in [-0.2, 0) is 6.54 Å². The molecule has 1 aromatic rings. The number of thioether (sulfide) groups is 1. The van der Waals surface area contributed by atoms with E-state index in [1.165, 1.54) is 0 Å². The van der Waals surface area contributed by atoms with Crippen molar-refractivity contribution in [2.45, 2.75) is 6.54 Å². The number of hydrogen-bond acceptors (Lipinski definition) is 3. The minimum Gasteiger partial charge on any atom is -0.356 e. The largest absolute Gasteiger partial charge is 0.356 e. The van der Waals surface area contributed by atoms with Crippen molar-refractivity contribution < 1.29 is 4.79 Å². The van der Waals surface area contributed by atoms with Crippen LogP contribution in [0.4, 0.5) is 0 Å². The monoisotopic (exact) mass is 462 g/mol. The Morgan fingerprint density at radius 2 is 1.96 bits per heavy atom. The highest BCUT2D eigenvalue weighted by Crippen LogP contribution is 2.06. The van der Waals surface area contributed by atoms with Gasteiger partial charge in [-0.05, 0) is 17.7 Å². The molecule has 0 radical (unpaired) electrons. The molecular weight excluding hydrogens is 435 g/mol. The van der Waals surface area contributed by atoms with E-state index < -0.39 is 0 Å². The van der Waals surface area contributed by atoms with Gasteiger partial charge in [0.1, 0.15) is 0 Å². The van der Waals surface area contributed by atoms with Crippen LogP contribution in [0, 0.1) is 0 Å². The van der Waals surface area contributed by atoms with Crippen LogP contribution in [0.25, 0.3) is 0 Å². The number of nitrogens with one attached hydrogen (secondary N) is 2. The number of rotatable bonds is 8. The summed E-state index contributed by atoms with van der Waals surface area (Å²) in [6, 6.07) is 7.61. The molecule has 134 valence electrons. The van der Waals surface area contributed by atoms with Crippen LogP contribution in [0.1, 0.15) is 15.9 Å². The Bertz CT molecular complexity index is 532. The molecular formula is C17H27IN4OS. The van der Waals surface area contributed by atoms with Gasteiger partial charge >= 0.3 is 0 Å². The summed E-state index contributed by atoms with van der Waals surface area (Å²) in [4.78, 5) is 17.6. The van der Waals surface area contributed by atoms with Crippen molar-refractivity contribution in [3.63, 3.8) is 0 Å². The summed E-state index contributed by atoms with van der Waals surface area (Å²) in [5.41, 5.74) is 1.80. The number of carbonyl (C=O) groups excluding carboxylic acids is 1. The normalized spacial score (nSPS) is 10.5. The van der Waals surface area contributed by atoms with Crippen LogP contribution in [0.5, 0.6) is 0 Å². The lowest BCUT2D eigenvalue weighted by atomic mass is 10.1. The van der Waals surface area contributed by atoms with E-state index in [0.717, 1.165) is 29.6 Å². The number of halogens is 1. The van der Waals surface area contributed by atoms with E-state index in [1.54, 1.807) is 26.0 Å². The summed E-state index contributed by atoms with van der Waals surface area (Å²) < 4.78 is 0. The maximum Gasteiger partial charge on any atom is 0.253 e. The zero-order valence-corrected chi connectivity index (χ0v) is 17.7. The second kappa shape index (κ2) is 13.1. The number of guanidine groups is 1. The molecule has 1 aromatic carbocycles. The molecule has 1 rings (SSSR count). The topological polar surface area (TPSA) is 56.7 Å². The lowest BCUT2D eigenvalue weighted by molar-refractivity contribution is 0.0827. The van der Waals surface area contributed by atoms with Crippen molar-refractivity contribution in [2.24, 2.45) is 4.99 Å². The third-order valence-electron chi connectivity index (χ3n) is 3.07. The molecule has 0 saturated carbocycles. The van der Waals surface area contributed by atoms with Gasteiger partial charge < -0.3 is 15.5 Å². The Balaban J connectivity index is 0.00000529. The summed E-state index contributed by atoms with van der Waals surface area (Å²) in [6.07, 6.45) is 1.91. The number of benzene rings is 1. The molecule has 1 amide bonds. The second-order valence-corrected chi connectivity index (χ2v) is 6.26. The highest BCUT2D eigenvalue weighted by molar-refractivity contribution is 14.0. The fourth-order valence-corrected chi connectivity index (χ4v) is 2.42. The lowest BCUT2D eigenvalue weighted by Gasteiger charge is -2.13. The number of carbonyl (C=O) groups is 1. The maximum absolute atomic E-state index is 11.8. The van der Waals surface area contributed by atoms with Gasteiger partial charge in [0.25, 0.3) is 5.91 Å². The Hall–Kier alpha value is -1.22. The number of nitrogens with zero attached hydrogens (tertiary/aromatic N) is 2. The molecule has 0 unspecified atom stereocenters. The highest BCUT2D eigenvalue weighted by atomic mass is 127. The van der Waals surface area contributed by atoms with Gasteiger partial charge in [-0.3, -0.25) is 9.79 Å². The van der Waals surface area contributed by atoms with E-state index in [4.69, 9.17) is 0 Å². The maximum atomic E-state index is 11.8. The van der Waals surface area contributed by atoms with Gasteiger partial charge in [0, 0.05) is 51.3 Å². The average Bonchev–Trinajstić information content (AvgIpc) is 2.57. The molecule has 0 aliphatic rings. The Kier molecular flexibility index (Phi) is 12.4. The SMILES string of the molecule is C=CCSCCNC(=NC)NCc1ccc(C(=O)N(C)C)cc1.I. The first-order valence-electron chi connectivity index (χ1n) is 7.52. The third-order valence-corrected chi connectivity index (χ3v) is 4.03. The Morgan fingerprint density at radius 1 is 1.29 bits per heavy atom. The molecule has 0 atom stereocenters. The Labute approximate surface area is 166 Å². The molecule has 2 N–H and O–H groups in total. The summed E-state index contributed by atoms with van der Waals surface area (Å²) in [6.45, 7) is 5.22. The molecule has 0 fully saturated rings. The fraction of sp³-hybridized carbons (Fsp3) is 0.412. The number of hydrogen-bond donors (Lipinski definition) is 2. The van der Waals surface area contributed by atoms with E-state index in [1.807, 2.05) is 42.1 Å². The highest BCUT2D eigenvalue weighted by Gasteiger charge is 2.07. The summed E-state index contributed by atoms with van der Waals surface area (Å²) in [7, 11) is 5.26. The van der Waals surface area contributed by atoms with Crippen LogP contribution >= 0.6 is 35.7 Å². The zero-order valence-electron chi connectivity index (χ0n) is 14.5. The van der Waals surface area contributed by atoms with Crippen LogP contribution in [0.2, 0.25) is 0 Å². The lowest BCUT2D eigenvalue weighted by Crippen LogP contribution is -2.38. The van der Waals surface area contributed by atoms with E-state index in [0.29, 0.717) is 12.1 Å². The molecule has 0 bridgehead atoms. The minimum absolute atomic E-state index is 0. The molecule has 0 aliphatic heterocycles. The van der Waals surface area contributed by atoms with Crippen molar-refractivity contribution in [1.29, 1.82) is 0 Å². The van der Waals surface area contributed by atoms with Gasteiger partial charge in [-0.1, -0.05) is 18.2 Å². The van der Waals surface area contributed by atoms with Gasteiger partial charge in [0.2, 0.25) is 0 Å². The predicted octanol–water partition coefficient (Wildman–Crippen LogP) is 2.59. The molecule has 0 aromatic heterocycles. The molecule has 7 heteroatoms. The van der Waals surface area contributed by atoms with Crippen LogP contribution in [0.15, 0.2) is 41.9 Å². The van der Waals surface area contributed by atoms with Crippen molar-refractivity contribution in [3.8, 4) is 0 Å². The average molecular weight is 462 g/mol. The second-order valence-electron chi connectivity index (χ2n) is 5.11. The van der Waals surface area contributed by atoms with Crippen LogP contribution < -0.4 is 10.6 Å². The number of amides is 1. The van der Waals surface area contributed by atoms with Crippen LogP contribution in [0.3, 0.4) is 0 Å². The van der Waals surface area contributed by atoms with E-state index in [-0.39, 0.29) is 29.9 Å². The summed E-state index contributed by atoms with van der Waals surface area (Å²) in [5.74, 6) is 2.76. The first-order valence-corrected chi connectivity index (χ1v) is 8.67. The van der Waals surface area contributed by atoms with Crippen LogP contribution in [-0.4, -0.2) is 56.0 Å². The number of aliphatic imine (C=N–C) groups is 1. The third kappa shape index (κ3) is 8.58. The smallest absolute Gasteiger partial charge is 0.253 e. The first-order chi connectivity index (χ1) is 11.1. The first kappa shape index (κ1) is 22.8. The molecule has 5 nitrogen and oxygen atoms in total. The quantitative estimate of drug-likeness (QED) is 0.205. The van der Waals surface area contributed by atoms with Gasteiger partial charge in [0.15, 0.2) is 5.96 Å². The fourth-order valence-electron chi connectivity index (χ4n) is 1.84. The van der Waals surface area contributed by atoms with Crippen molar-refractivity contribution >= 4 is 47.6 Å². The van der Waals surface area contributed by atoms with E-state index >= 15 is 0 Å². The van der Waals surface area contributed by atoms with Crippen molar-refractivity contribution in [1.82, 2.24) is 15.5 Å². The van der Waals surface area contributed by atoms with Gasteiger partial charge in [-0.25, -0.2) is 0 Å². The van der Waals surface area contributed by atoms with Gasteiger partial charge in [0.05, 0.1) is 0 Å². The zero-order chi connectivity index (χ0) is 17.1. The standard InChI is InChI=1S/C17H26N4OS.HI/c1-5-11-23-12-10-19-17(18-2)20-13-14-6-8-15(9-7-14)16(22)21(3)4;/h5-9H,1,10-13H2,2-4H3,(H2,18,19,20);1H.